The number of fused-ring (bicyclic) bond motifs is 1. The maximum Gasteiger partial charge on any atom is 0.270 e. The van der Waals surface area contributed by atoms with Gasteiger partial charge >= 0.3 is 0 Å². The summed E-state index contributed by atoms with van der Waals surface area (Å²) in [6, 6.07) is 5.52. The molecule has 1 N–H and O–H groups in total. The van der Waals surface area contributed by atoms with Gasteiger partial charge in [0.05, 0.1) is 0 Å². The minimum atomic E-state index is 0.0299. The van der Waals surface area contributed by atoms with E-state index in [2.05, 4.69) is 24.8 Å². The molecule has 0 radical (unpaired) electrons. The van der Waals surface area contributed by atoms with Crippen molar-refractivity contribution in [1.29, 1.82) is 0 Å². The molecular weight excluding hydrogens is 294 g/mol. The summed E-state index contributed by atoms with van der Waals surface area (Å²) < 4.78 is 3.92. The Morgan fingerprint density at radius 2 is 2.17 bits per heavy atom. The minimum absolute atomic E-state index is 0.0299. The first kappa shape index (κ1) is 13.7. The average molecular weight is 311 g/mol. The van der Waals surface area contributed by atoms with Crippen LogP contribution < -0.4 is 0 Å². The van der Waals surface area contributed by atoms with Gasteiger partial charge in [-0.05, 0) is 18.2 Å². The fourth-order valence-corrected chi connectivity index (χ4v) is 2.88. The lowest BCUT2D eigenvalue weighted by Crippen LogP contribution is -2.34. The largest absolute Gasteiger partial charge is 0.357 e. The Balaban J connectivity index is 1.51. The molecule has 3 aromatic heterocycles. The van der Waals surface area contributed by atoms with Crippen molar-refractivity contribution in [1.82, 2.24) is 34.4 Å². The number of hydrogen-bond donors (Lipinski definition) is 1. The zero-order valence-electron chi connectivity index (χ0n) is 12.6. The van der Waals surface area contributed by atoms with Crippen LogP contribution in [0.2, 0.25) is 0 Å². The zero-order chi connectivity index (χ0) is 15.6. The van der Waals surface area contributed by atoms with E-state index in [9.17, 15) is 4.79 Å². The van der Waals surface area contributed by atoms with Gasteiger partial charge in [-0.25, -0.2) is 0 Å². The van der Waals surface area contributed by atoms with E-state index in [1.807, 2.05) is 27.9 Å². The number of nitrogens with one attached hydrogen (secondary N) is 1. The average Bonchev–Trinajstić information content (AvgIpc) is 3.29. The number of aromatic nitrogens is 6. The van der Waals surface area contributed by atoms with Crippen LogP contribution >= 0.6 is 0 Å². The van der Waals surface area contributed by atoms with Crippen molar-refractivity contribution in [2.75, 3.05) is 13.1 Å². The molecule has 0 spiro atoms. The van der Waals surface area contributed by atoms with Crippen molar-refractivity contribution >= 4 is 5.91 Å². The number of H-pyrrole nitrogens is 1. The van der Waals surface area contributed by atoms with Gasteiger partial charge < -0.3 is 14.5 Å². The molecule has 0 atom stereocenters. The summed E-state index contributed by atoms with van der Waals surface area (Å²) in [5, 5.41) is 12.8. The quantitative estimate of drug-likeness (QED) is 0.765. The van der Waals surface area contributed by atoms with Crippen LogP contribution in [0.1, 0.15) is 22.1 Å². The summed E-state index contributed by atoms with van der Waals surface area (Å²) in [6.45, 7) is 2.59. The topological polar surface area (TPSA) is 84.6 Å². The Morgan fingerprint density at radius 3 is 2.96 bits per heavy atom. The lowest BCUT2D eigenvalue weighted by Gasteiger charge is -2.19. The van der Waals surface area contributed by atoms with Crippen LogP contribution in [0, 0.1) is 0 Å². The second-order valence-electron chi connectivity index (χ2n) is 5.51. The summed E-state index contributed by atoms with van der Waals surface area (Å²) in [7, 11) is 0. The van der Waals surface area contributed by atoms with Gasteiger partial charge in [-0.3, -0.25) is 9.48 Å². The van der Waals surface area contributed by atoms with Gasteiger partial charge in [0.2, 0.25) is 0 Å². The molecule has 1 amide bonds. The van der Waals surface area contributed by atoms with Gasteiger partial charge in [0.15, 0.2) is 5.82 Å². The molecule has 1 aliphatic rings. The maximum atomic E-state index is 12.5. The van der Waals surface area contributed by atoms with Crippen LogP contribution in [-0.4, -0.2) is 53.4 Å². The van der Waals surface area contributed by atoms with Gasteiger partial charge in [-0.15, -0.1) is 10.2 Å². The Morgan fingerprint density at radius 1 is 1.22 bits per heavy atom. The van der Waals surface area contributed by atoms with E-state index in [0.29, 0.717) is 38.3 Å². The standard InChI is InChI=1S/C15H17N7O/c23-15(12-3-1-5-16-12)20-8-4-13-18-19-14(22(13)10-9-20)11-21-7-2-6-17-21/h1-3,5-7,16H,4,8-11H2. The lowest BCUT2D eigenvalue weighted by atomic mass is 10.3. The van der Waals surface area contributed by atoms with Crippen molar-refractivity contribution in [3.05, 3.63) is 54.1 Å². The molecule has 0 saturated carbocycles. The molecule has 0 saturated heterocycles. The molecule has 8 heteroatoms. The van der Waals surface area contributed by atoms with Crippen LogP contribution in [-0.2, 0) is 19.5 Å². The molecule has 0 fully saturated rings. The first-order chi connectivity index (χ1) is 11.3. The van der Waals surface area contributed by atoms with Crippen molar-refractivity contribution < 1.29 is 4.79 Å². The molecule has 0 unspecified atom stereocenters. The molecular formula is C15H17N7O. The van der Waals surface area contributed by atoms with Gasteiger partial charge in [-0.2, -0.15) is 5.10 Å². The third kappa shape index (κ3) is 2.63. The van der Waals surface area contributed by atoms with Crippen LogP contribution in [0.15, 0.2) is 36.8 Å². The van der Waals surface area contributed by atoms with E-state index in [0.717, 1.165) is 11.6 Å². The van der Waals surface area contributed by atoms with Crippen molar-refractivity contribution in [2.24, 2.45) is 0 Å². The fraction of sp³-hybridized carbons (Fsp3) is 0.333. The van der Waals surface area contributed by atoms with E-state index in [4.69, 9.17) is 0 Å². The lowest BCUT2D eigenvalue weighted by molar-refractivity contribution is 0.0753. The number of nitrogens with zero attached hydrogens (tertiary/aromatic N) is 6. The maximum absolute atomic E-state index is 12.5. The molecule has 0 aliphatic carbocycles. The van der Waals surface area contributed by atoms with E-state index in [1.54, 1.807) is 18.5 Å². The third-order valence-corrected chi connectivity index (χ3v) is 4.08. The van der Waals surface area contributed by atoms with E-state index >= 15 is 0 Å². The first-order valence-electron chi connectivity index (χ1n) is 7.62. The highest BCUT2D eigenvalue weighted by molar-refractivity contribution is 5.92. The van der Waals surface area contributed by atoms with E-state index < -0.39 is 0 Å². The molecule has 1 aliphatic heterocycles. The molecule has 4 rings (SSSR count). The third-order valence-electron chi connectivity index (χ3n) is 4.08. The second-order valence-corrected chi connectivity index (χ2v) is 5.51. The number of aromatic amines is 1. The number of carbonyl (C=O) groups is 1. The molecule has 23 heavy (non-hydrogen) atoms. The fourth-order valence-electron chi connectivity index (χ4n) is 2.88. The predicted octanol–water partition coefficient (Wildman–Crippen LogP) is 0.549. The molecule has 0 aromatic carbocycles. The smallest absolute Gasteiger partial charge is 0.270 e. The molecule has 118 valence electrons. The van der Waals surface area contributed by atoms with Crippen LogP contribution in [0.3, 0.4) is 0 Å². The number of carbonyl (C=O) groups excluding carboxylic acids is 1. The summed E-state index contributed by atoms with van der Waals surface area (Å²) >= 11 is 0. The van der Waals surface area contributed by atoms with Crippen LogP contribution in [0.25, 0.3) is 0 Å². The Labute approximate surface area is 132 Å². The van der Waals surface area contributed by atoms with Crippen molar-refractivity contribution in [3.8, 4) is 0 Å². The van der Waals surface area contributed by atoms with Crippen molar-refractivity contribution in [2.45, 2.75) is 19.5 Å². The SMILES string of the molecule is O=C(c1ccc[nH]1)N1CCc2nnc(Cn3cccn3)n2CC1. The number of hydrogen-bond acceptors (Lipinski definition) is 4. The first-order valence-corrected chi connectivity index (χ1v) is 7.62. The van der Waals surface area contributed by atoms with Crippen molar-refractivity contribution in [3.63, 3.8) is 0 Å². The van der Waals surface area contributed by atoms with E-state index in [-0.39, 0.29) is 5.91 Å². The highest BCUT2D eigenvalue weighted by Crippen LogP contribution is 2.12. The Hall–Kier alpha value is -2.90. The second kappa shape index (κ2) is 5.71. The summed E-state index contributed by atoms with van der Waals surface area (Å²) in [6.07, 6.45) is 6.12. The molecule has 8 nitrogen and oxygen atoms in total. The van der Waals surface area contributed by atoms with Gasteiger partial charge in [0.1, 0.15) is 18.1 Å². The predicted molar refractivity (Wildman–Crippen MR) is 81.8 cm³/mol. The molecule has 0 bridgehead atoms. The number of rotatable bonds is 3. The highest BCUT2D eigenvalue weighted by Gasteiger charge is 2.23. The monoisotopic (exact) mass is 311 g/mol. The highest BCUT2D eigenvalue weighted by atomic mass is 16.2. The minimum Gasteiger partial charge on any atom is -0.357 e. The van der Waals surface area contributed by atoms with Gasteiger partial charge in [0.25, 0.3) is 5.91 Å². The Kier molecular flexibility index (Phi) is 3.41. The summed E-state index contributed by atoms with van der Waals surface area (Å²) in [5.41, 5.74) is 0.624. The number of amides is 1. The summed E-state index contributed by atoms with van der Waals surface area (Å²) in [5.74, 6) is 1.83. The molecule has 3 aromatic rings. The van der Waals surface area contributed by atoms with Crippen LogP contribution in [0.4, 0.5) is 0 Å². The van der Waals surface area contributed by atoms with Crippen LogP contribution in [0.5, 0.6) is 0 Å². The van der Waals surface area contributed by atoms with Gasteiger partial charge in [0, 0.05) is 44.6 Å². The normalized spacial score (nSPS) is 14.5. The summed E-state index contributed by atoms with van der Waals surface area (Å²) in [4.78, 5) is 17.3. The Bertz CT molecular complexity index is 788. The van der Waals surface area contributed by atoms with E-state index in [1.165, 1.54) is 0 Å². The van der Waals surface area contributed by atoms with Gasteiger partial charge in [-0.1, -0.05) is 0 Å². The molecule has 4 heterocycles. The zero-order valence-corrected chi connectivity index (χ0v) is 12.6.